The molecule has 0 bridgehead atoms. The van der Waals surface area contributed by atoms with E-state index in [-0.39, 0.29) is 0 Å². The number of pyridine rings is 1. The smallest absolute Gasteiger partial charge is 0.343 e. The van der Waals surface area contributed by atoms with Crippen molar-refractivity contribution in [2.24, 2.45) is 0 Å². The molecule has 2 rings (SSSR count). The predicted molar refractivity (Wildman–Crippen MR) is 70.3 cm³/mol. The molecule has 2 heterocycles. The Morgan fingerprint density at radius 3 is 2.68 bits per heavy atom. The van der Waals surface area contributed by atoms with Crippen LogP contribution < -0.4 is 4.74 Å². The van der Waals surface area contributed by atoms with E-state index in [4.69, 9.17) is 9.47 Å². The minimum absolute atomic E-state index is 0.316. The zero-order valence-electron chi connectivity index (χ0n) is 11.3. The van der Waals surface area contributed by atoms with Crippen LogP contribution in [0.1, 0.15) is 31.1 Å². The first-order valence-corrected chi connectivity index (χ1v) is 6.37. The lowest BCUT2D eigenvalue weighted by molar-refractivity contribution is 0.0522. The van der Waals surface area contributed by atoms with Gasteiger partial charge in [0.1, 0.15) is 11.3 Å². The Bertz CT molecular complexity index is 592. The summed E-state index contributed by atoms with van der Waals surface area (Å²) in [7, 11) is 0. The van der Waals surface area contributed by atoms with Gasteiger partial charge in [-0.3, -0.25) is 0 Å². The maximum atomic E-state index is 11.9. The Morgan fingerprint density at radius 2 is 2.05 bits per heavy atom. The molecule has 0 radical (unpaired) electrons. The molecule has 0 N–H and O–H groups in total. The first kappa shape index (κ1) is 13.3. The van der Waals surface area contributed by atoms with Crippen LogP contribution in [0.2, 0.25) is 0 Å². The van der Waals surface area contributed by atoms with Crippen LogP contribution in [-0.4, -0.2) is 33.9 Å². The summed E-state index contributed by atoms with van der Waals surface area (Å²) in [6.07, 6.45) is 3.15. The fraction of sp³-hybridized carbons (Fsp3) is 0.462. The van der Waals surface area contributed by atoms with Gasteiger partial charge >= 0.3 is 5.97 Å². The van der Waals surface area contributed by atoms with Gasteiger partial charge in [-0.25, -0.2) is 14.5 Å². The van der Waals surface area contributed by atoms with Crippen molar-refractivity contribution in [1.82, 2.24) is 14.8 Å². The quantitative estimate of drug-likeness (QED) is 0.772. The van der Waals surface area contributed by atoms with Crippen LogP contribution in [-0.2, 0) is 11.3 Å². The van der Waals surface area contributed by atoms with Crippen LogP contribution in [0.3, 0.4) is 0 Å². The zero-order chi connectivity index (χ0) is 13.8. The normalized spacial score (nSPS) is 10.7. The highest BCUT2D eigenvalue weighted by Crippen LogP contribution is 2.28. The molecule has 0 aliphatic heterocycles. The van der Waals surface area contributed by atoms with Crippen molar-refractivity contribution in [3.8, 4) is 5.75 Å². The molecule has 0 spiro atoms. The summed E-state index contributed by atoms with van der Waals surface area (Å²) < 4.78 is 12.3. The first-order chi connectivity index (χ1) is 9.22. The van der Waals surface area contributed by atoms with E-state index >= 15 is 0 Å². The third-order valence-corrected chi connectivity index (χ3v) is 2.70. The third-order valence-electron chi connectivity index (χ3n) is 2.70. The van der Waals surface area contributed by atoms with Gasteiger partial charge in [-0.05, 0) is 20.8 Å². The van der Waals surface area contributed by atoms with E-state index in [1.807, 2.05) is 13.8 Å². The van der Waals surface area contributed by atoms with Gasteiger partial charge in [-0.2, -0.15) is 5.10 Å². The van der Waals surface area contributed by atoms with E-state index in [0.29, 0.717) is 36.7 Å². The second-order valence-corrected chi connectivity index (χ2v) is 3.85. The summed E-state index contributed by atoms with van der Waals surface area (Å²) in [5.74, 6) is 0.0650. The summed E-state index contributed by atoms with van der Waals surface area (Å²) in [6.45, 7) is 7.10. The second-order valence-electron chi connectivity index (χ2n) is 3.85. The van der Waals surface area contributed by atoms with E-state index in [9.17, 15) is 4.79 Å². The maximum Gasteiger partial charge on any atom is 0.343 e. The van der Waals surface area contributed by atoms with E-state index in [2.05, 4.69) is 10.1 Å². The highest BCUT2D eigenvalue weighted by atomic mass is 16.5. The van der Waals surface area contributed by atoms with Crippen molar-refractivity contribution in [1.29, 1.82) is 0 Å². The molecule has 0 atom stereocenters. The molecule has 0 aliphatic rings. The van der Waals surface area contributed by atoms with Gasteiger partial charge in [0.05, 0.1) is 24.8 Å². The fourth-order valence-electron chi connectivity index (χ4n) is 1.89. The molecule has 102 valence electrons. The van der Waals surface area contributed by atoms with Gasteiger partial charge in [-0.15, -0.1) is 0 Å². The summed E-state index contributed by atoms with van der Waals surface area (Å²) in [5, 5.41) is 4.96. The molecule has 6 heteroatoms. The monoisotopic (exact) mass is 263 g/mol. The number of carbonyl (C=O) groups is 1. The van der Waals surface area contributed by atoms with Crippen LogP contribution in [0, 0.1) is 0 Å². The summed E-state index contributed by atoms with van der Waals surface area (Å²) >= 11 is 0. The van der Waals surface area contributed by atoms with E-state index in [0.717, 1.165) is 5.39 Å². The van der Waals surface area contributed by atoms with E-state index in [1.165, 1.54) is 6.20 Å². The van der Waals surface area contributed by atoms with Crippen LogP contribution in [0.4, 0.5) is 0 Å². The lowest BCUT2D eigenvalue weighted by Gasteiger charge is -2.10. The molecule has 2 aromatic heterocycles. The average molecular weight is 263 g/mol. The predicted octanol–water partition coefficient (Wildman–Crippen LogP) is 2.03. The SMILES string of the molecule is CCOC(=O)c1cnc2c(cnn2CC)c1OCC. The minimum Gasteiger partial charge on any atom is -0.492 e. The zero-order valence-corrected chi connectivity index (χ0v) is 11.3. The van der Waals surface area contributed by atoms with Crippen molar-refractivity contribution in [3.63, 3.8) is 0 Å². The Morgan fingerprint density at radius 1 is 1.26 bits per heavy atom. The van der Waals surface area contributed by atoms with Crippen LogP contribution >= 0.6 is 0 Å². The minimum atomic E-state index is -0.426. The number of rotatable bonds is 5. The number of hydrogen-bond donors (Lipinski definition) is 0. The Balaban J connectivity index is 2.58. The van der Waals surface area contributed by atoms with Crippen molar-refractivity contribution in [3.05, 3.63) is 18.0 Å². The standard InChI is InChI=1S/C13H17N3O3/c1-4-16-12-9(8-15-16)11(18-5-2)10(7-14-12)13(17)19-6-3/h7-8H,4-6H2,1-3H3. The topological polar surface area (TPSA) is 66.2 Å². The van der Waals surface area contributed by atoms with Gasteiger partial charge in [-0.1, -0.05) is 0 Å². The molecule has 0 aromatic carbocycles. The van der Waals surface area contributed by atoms with Gasteiger partial charge in [0.15, 0.2) is 5.65 Å². The lowest BCUT2D eigenvalue weighted by Crippen LogP contribution is -2.09. The molecule has 6 nitrogen and oxygen atoms in total. The second kappa shape index (κ2) is 5.69. The molecule has 0 aliphatic carbocycles. The molecular formula is C13H17N3O3. The van der Waals surface area contributed by atoms with Crippen molar-refractivity contribution < 1.29 is 14.3 Å². The summed E-state index contributed by atoms with van der Waals surface area (Å²) in [6, 6.07) is 0. The Kier molecular flexibility index (Phi) is 3.99. The largest absolute Gasteiger partial charge is 0.492 e. The lowest BCUT2D eigenvalue weighted by atomic mass is 10.2. The first-order valence-electron chi connectivity index (χ1n) is 6.37. The number of nitrogens with zero attached hydrogens (tertiary/aromatic N) is 3. The molecule has 2 aromatic rings. The molecule has 0 saturated heterocycles. The maximum absolute atomic E-state index is 11.9. The Hall–Kier alpha value is -2.11. The molecule has 0 saturated carbocycles. The van der Waals surface area contributed by atoms with Crippen molar-refractivity contribution in [2.75, 3.05) is 13.2 Å². The molecular weight excluding hydrogens is 246 g/mol. The fourth-order valence-corrected chi connectivity index (χ4v) is 1.89. The number of esters is 1. The van der Waals surface area contributed by atoms with E-state index in [1.54, 1.807) is 17.8 Å². The van der Waals surface area contributed by atoms with E-state index < -0.39 is 5.97 Å². The number of carbonyl (C=O) groups excluding carboxylic acids is 1. The molecule has 0 amide bonds. The highest BCUT2D eigenvalue weighted by Gasteiger charge is 2.19. The van der Waals surface area contributed by atoms with Crippen molar-refractivity contribution >= 4 is 17.0 Å². The number of fused-ring (bicyclic) bond motifs is 1. The van der Waals surface area contributed by atoms with Gasteiger partial charge in [0.25, 0.3) is 0 Å². The van der Waals surface area contributed by atoms with Crippen LogP contribution in [0.25, 0.3) is 11.0 Å². The average Bonchev–Trinajstić information content (AvgIpc) is 2.83. The molecule has 0 fully saturated rings. The van der Waals surface area contributed by atoms with Gasteiger partial charge in [0, 0.05) is 12.7 Å². The van der Waals surface area contributed by atoms with Gasteiger partial charge in [0.2, 0.25) is 0 Å². The van der Waals surface area contributed by atoms with Crippen LogP contribution in [0.5, 0.6) is 5.75 Å². The molecule has 0 unspecified atom stereocenters. The number of aromatic nitrogens is 3. The number of hydrogen-bond acceptors (Lipinski definition) is 5. The van der Waals surface area contributed by atoms with Crippen LogP contribution in [0.15, 0.2) is 12.4 Å². The van der Waals surface area contributed by atoms with Crippen molar-refractivity contribution in [2.45, 2.75) is 27.3 Å². The van der Waals surface area contributed by atoms with Gasteiger partial charge < -0.3 is 9.47 Å². The number of ether oxygens (including phenoxy) is 2. The summed E-state index contributed by atoms with van der Waals surface area (Å²) in [5.41, 5.74) is 1.05. The summed E-state index contributed by atoms with van der Waals surface area (Å²) in [4.78, 5) is 16.2. The highest BCUT2D eigenvalue weighted by molar-refractivity contribution is 5.98. The number of aryl methyl sites for hydroxylation is 1. The molecule has 19 heavy (non-hydrogen) atoms. The Labute approximate surface area is 111 Å². The third kappa shape index (κ3) is 2.38.